The Hall–Kier alpha value is -2.76. The number of ether oxygens (including phenoxy) is 2. The second kappa shape index (κ2) is 9.83. The first kappa shape index (κ1) is 21.9. The highest BCUT2D eigenvalue weighted by molar-refractivity contribution is 6.03. The Morgan fingerprint density at radius 3 is 2.77 bits per heavy atom. The van der Waals surface area contributed by atoms with Crippen LogP contribution < -0.4 is 10.1 Å². The standard InChI is InChI=1S/C24H31NO5/c1-4-6-7-13-30-24(28)21-15(3)25-17-9-8-10-19(27)23(17)22(21)16-11-12-18(26)20(14-16)29-5-2/h11-12,14,22,25-26H,4-10,13H2,1-3H3/t22-/m0/s1. The molecule has 1 heterocycles. The first-order valence-electron chi connectivity index (χ1n) is 10.8. The van der Waals surface area contributed by atoms with Gasteiger partial charge in [0, 0.05) is 29.3 Å². The Bertz CT molecular complexity index is 884. The first-order valence-corrected chi connectivity index (χ1v) is 10.8. The summed E-state index contributed by atoms with van der Waals surface area (Å²) in [6.45, 7) is 6.54. The van der Waals surface area contributed by atoms with E-state index in [-0.39, 0.29) is 11.5 Å². The summed E-state index contributed by atoms with van der Waals surface area (Å²) in [4.78, 5) is 26.0. The molecule has 0 spiro atoms. The Balaban J connectivity index is 2.03. The summed E-state index contributed by atoms with van der Waals surface area (Å²) in [5.41, 5.74) is 3.40. The number of phenolic OH excluding ortho intramolecular Hbond substituents is 1. The van der Waals surface area contributed by atoms with Crippen LogP contribution in [0.3, 0.4) is 0 Å². The fraction of sp³-hybridized carbons (Fsp3) is 0.500. The van der Waals surface area contributed by atoms with Crippen LogP contribution in [0.2, 0.25) is 0 Å². The number of allylic oxidation sites excluding steroid dienone is 3. The molecule has 6 heteroatoms. The van der Waals surface area contributed by atoms with E-state index < -0.39 is 11.9 Å². The monoisotopic (exact) mass is 413 g/mol. The lowest BCUT2D eigenvalue weighted by Gasteiger charge is -2.34. The Morgan fingerprint density at radius 1 is 1.23 bits per heavy atom. The average molecular weight is 414 g/mol. The van der Waals surface area contributed by atoms with Crippen LogP contribution >= 0.6 is 0 Å². The summed E-state index contributed by atoms with van der Waals surface area (Å²) < 4.78 is 11.1. The van der Waals surface area contributed by atoms with Crippen molar-refractivity contribution in [3.05, 3.63) is 46.3 Å². The summed E-state index contributed by atoms with van der Waals surface area (Å²) in [5.74, 6) is -0.525. The van der Waals surface area contributed by atoms with Gasteiger partial charge in [-0.05, 0) is 50.8 Å². The van der Waals surface area contributed by atoms with Crippen LogP contribution in [0.4, 0.5) is 0 Å². The summed E-state index contributed by atoms with van der Waals surface area (Å²) in [6, 6.07) is 5.02. The number of carbonyl (C=O) groups is 2. The Morgan fingerprint density at radius 2 is 2.03 bits per heavy atom. The molecule has 0 bridgehead atoms. The molecule has 0 saturated carbocycles. The molecule has 6 nitrogen and oxygen atoms in total. The third kappa shape index (κ3) is 4.53. The number of rotatable bonds is 8. The molecule has 3 rings (SSSR count). The molecule has 1 aliphatic carbocycles. The molecule has 30 heavy (non-hydrogen) atoms. The lowest BCUT2D eigenvalue weighted by Crippen LogP contribution is -2.34. The maximum absolute atomic E-state index is 13.1. The van der Waals surface area contributed by atoms with Crippen LogP contribution in [0.25, 0.3) is 0 Å². The van der Waals surface area contributed by atoms with E-state index in [2.05, 4.69) is 12.2 Å². The molecular weight excluding hydrogens is 382 g/mol. The van der Waals surface area contributed by atoms with Crippen LogP contribution in [0.5, 0.6) is 11.5 Å². The molecule has 162 valence electrons. The Labute approximate surface area is 178 Å². The molecule has 1 aromatic carbocycles. The van der Waals surface area contributed by atoms with Crippen LogP contribution in [-0.4, -0.2) is 30.1 Å². The number of esters is 1. The minimum atomic E-state index is -0.535. The predicted molar refractivity (Wildman–Crippen MR) is 114 cm³/mol. The number of hydrogen-bond donors (Lipinski definition) is 2. The molecule has 0 aromatic heterocycles. The largest absolute Gasteiger partial charge is 0.504 e. The van der Waals surface area contributed by atoms with Gasteiger partial charge in [0.2, 0.25) is 0 Å². The van der Waals surface area contributed by atoms with Crippen molar-refractivity contribution in [1.82, 2.24) is 5.32 Å². The first-order chi connectivity index (χ1) is 14.5. The quantitative estimate of drug-likeness (QED) is 0.482. The highest BCUT2D eigenvalue weighted by atomic mass is 16.5. The van der Waals surface area contributed by atoms with E-state index in [9.17, 15) is 14.7 Å². The van der Waals surface area contributed by atoms with Crippen molar-refractivity contribution in [3.63, 3.8) is 0 Å². The number of aromatic hydroxyl groups is 1. The van der Waals surface area contributed by atoms with Crippen molar-refractivity contribution >= 4 is 11.8 Å². The number of unbranched alkanes of at least 4 members (excludes halogenated alkanes) is 2. The van der Waals surface area contributed by atoms with Gasteiger partial charge in [-0.15, -0.1) is 0 Å². The van der Waals surface area contributed by atoms with Crippen LogP contribution in [0.1, 0.15) is 70.8 Å². The number of ketones is 1. The number of benzene rings is 1. The molecular formula is C24H31NO5. The van der Waals surface area contributed by atoms with Crippen LogP contribution in [-0.2, 0) is 14.3 Å². The molecule has 0 unspecified atom stereocenters. The summed E-state index contributed by atoms with van der Waals surface area (Å²) in [7, 11) is 0. The zero-order chi connectivity index (χ0) is 21.7. The molecule has 0 saturated heterocycles. The maximum atomic E-state index is 13.1. The number of phenols is 1. The highest BCUT2D eigenvalue weighted by Gasteiger charge is 2.39. The zero-order valence-corrected chi connectivity index (χ0v) is 18.0. The summed E-state index contributed by atoms with van der Waals surface area (Å²) in [5, 5.41) is 13.4. The molecule has 0 fully saturated rings. The van der Waals surface area contributed by atoms with E-state index >= 15 is 0 Å². The minimum Gasteiger partial charge on any atom is -0.504 e. The second-order valence-electron chi connectivity index (χ2n) is 7.77. The highest BCUT2D eigenvalue weighted by Crippen LogP contribution is 2.44. The topological polar surface area (TPSA) is 84.9 Å². The predicted octanol–water partition coefficient (Wildman–Crippen LogP) is 4.49. The van der Waals surface area contributed by atoms with Gasteiger partial charge in [0.15, 0.2) is 17.3 Å². The van der Waals surface area contributed by atoms with Crippen LogP contribution in [0.15, 0.2) is 40.7 Å². The summed E-state index contributed by atoms with van der Waals surface area (Å²) >= 11 is 0. The number of nitrogens with one attached hydrogen (secondary N) is 1. The van der Waals surface area contributed by atoms with Gasteiger partial charge >= 0.3 is 5.97 Å². The minimum absolute atomic E-state index is 0.0306. The van der Waals surface area contributed by atoms with Crippen molar-refractivity contribution in [1.29, 1.82) is 0 Å². The van der Waals surface area contributed by atoms with Gasteiger partial charge in [-0.2, -0.15) is 0 Å². The van der Waals surface area contributed by atoms with E-state index in [1.165, 1.54) is 0 Å². The fourth-order valence-corrected chi connectivity index (χ4v) is 4.16. The molecule has 1 atom stereocenters. The second-order valence-corrected chi connectivity index (χ2v) is 7.77. The zero-order valence-electron chi connectivity index (χ0n) is 18.0. The number of Topliss-reactive ketones (excluding diaryl/α,β-unsaturated/α-hetero) is 1. The Kier molecular flexibility index (Phi) is 7.19. The van der Waals surface area contributed by atoms with Crippen molar-refractivity contribution in [3.8, 4) is 11.5 Å². The van der Waals surface area contributed by atoms with Gasteiger partial charge in [0.05, 0.1) is 18.8 Å². The number of dihydropyridines is 1. The van der Waals surface area contributed by atoms with Gasteiger partial charge < -0.3 is 19.9 Å². The molecule has 2 aliphatic rings. The molecule has 1 aliphatic heterocycles. The van der Waals surface area contributed by atoms with Gasteiger partial charge in [-0.1, -0.05) is 25.8 Å². The maximum Gasteiger partial charge on any atom is 0.336 e. The van der Waals surface area contributed by atoms with Gasteiger partial charge in [-0.3, -0.25) is 4.79 Å². The third-order valence-corrected chi connectivity index (χ3v) is 5.59. The summed E-state index contributed by atoms with van der Waals surface area (Å²) in [6.07, 6.45) is 4.88. The smallest absolute Gasteiger partial charge is 0.336 e. The lowest BCUT2D eigenvalue weighted by atomic mass is 9.75. The van der Waals surface area contributed by atoms with Crippen molar-refractivity contribution in [2.75, 3.05) is 13.2 Å². The molecule has 2 N–H and O–H groups in total. The van der Waals surface area contributed by atoms with E-state index in [1.54, 1.807) is 18.2 Å². The van der Waals surface area contributed by atoms with Crippen molar-refractivity contribution in [2.24, 2.45) is 0 Å². The van der Waals surface area contributed by atoms with Gasteiger partial charge in [0.25, 0.3) is 0 Å². The van der Waals surface area contributed by atoms with Gasteiger partial charge in [-0.25, -0.2) is 4.79 Å². The van der Waals surface area contributed by atoms with E-state index in [1.807, 2.05) is 13.8 Å². The van der Waals surface area contributed by atoms with E-state index in [0.29, 0.717) is 42.2 Å². The third-order valence-electron chi connectivity index (χ3n) is 5.59. The number of hydrogen-bond acceptors (Lipinski definition) is 6. The normalized spacial score (nSPS) is 18.8. The fourth-order valence-electron chi connectivity index (χ4n) is 4.16. The average Bonchev–Trinajstić information content (AvgIpc) is 2.72. The molecule has 0 amide bonds. The van der Waals surface area contributed by atoms with E-state index in [4.69, 9.17) is 9.47 Å². The number of carbonyl (C=O) groups excluding carboxylic acids is 2. The molecule has 0 radical (unpaired) electrons. The van der Waals surface area contributed by atoms with Crippen molar-refractivity contribution in [2.45, 2.75) is 65.2 Å². The van der Waals surface area contributed by atoms with Crippen molar-refractivity contribution < 1.29 is 24.2 Å². The lowest BCUT2D eigenvalue weighted by molar-refractivity contribution is -0.139. The van der Waals surface area contributed by atoms with Gasteiger partial charge in [0.1, 0.15) is 0 Å². The molecule has 1 aromatic rings. The van der Waals surface area contributed by atoms with E-state index in [0.717, 1.165) is 43.4 Å². The van der Waals surface area contributed by atoms with Crippen LogP contribution in [0, 0.1) is 0 Å². The SMILES string of the molecule is CCCCCOC(=O)C1=C(C)NC2=C(C(=O)CCC2)[C@H]1c1ccc(O)c(OCC)c1.